The first-order valence-corrected chi connectivity index (χ1v) is 21.3. The smallest absolute Gasteiger partial charge is 0.222 e. The zero-order chi connectivity index (χ0) is 35.9. The molecule has 0 aliphatic rings. The van der Waals surface area contributed by atoms with Crippen LogP contribution in [0.2, 0.25) is 0 Å². The van der Waals surface area contributed by atoms with Crippen LogP contribution in [0.4, 0.5) is 0 Å². The molecular formula is C44H83NO4. The number of aliphatic hydroxyl groups excluding tert-OH is 3. The largest absolute Gasteiger partial charge is 0.394 e. The lowest BCUT2D eigenvalue weighted by Gasteiger charge is -2.21. The first-order valence-electron chi connectivity index (χ1n) is 21.3. The van der Waals surface area contributed by atoms with Crippen molar-refractivity contribution in [3.8, 4) is 0 Å². The van der Waals surface area contributed by atoms with Crippen molar-refractivity contribution in [1.29, 1.82) is 0 Å². The van der Waals surface area contributed by atoms with Crippen molar-refractivity contribution in [1.82, 2.24) is 5.32 Å². The summed E-state index contributed by atoms with van der Waals surface area (Å²) in [5, 5.41) is 33.0. The minimum Gasteiger partial charge on any atom is -0.394 e. The van der Waals surface area contributed by atoms with Crippen LogP contribution in [0.1, 0.15) is 213 Å². The highest BCUT2D eigenvalue weighted by molar-refractivity contribution is 5.76. The molecule has 0 saturated carbocycles. The first-order chi connectivity index (χ1) is 24.0. The molecule has 0 fully saturated rings. The molecule has 0 aromatic heterocycles. The molecule has 0 aliphatic heterocycles. The zero-order valence-corrected chi connectivity index (χ0v) is 32.6. The van der Waals surface area contributed by atoms with Gasteiger partial charge in [0.05, 0.1) is 31.3 Å². The van der Waals surface area contributed by atoms with Gasteiger partial charge in [-0.25, -0.2) is 0 Å². The third-order valence-corrected chi connectivity index (χ3v) is 9.67. The SMILES string of the molecule is CC/C=C/CC/C=C/CC/C=C/C(O)C(CO)NC(=O)CC(O)CCCCCCCCCCCCCCCCCCCCCCCCCC. The predicted octanol–water partition coefficient (Wildman–Crippen LogP) is 12.0. The quantitative estimate of drug-likeness (QED) is 0.0384. The van der Waals surface area contributed by atoms with Crippen LogP contribution in [0.5, 0.6) is 0 Å². The lowest BCUT2D eigenvalue weighted by molar-refractivity contribution is -0.124. The monoisotopic (exact) mass is 690 g/mol. The fourth-order valence-electron chi connectivity index (χ4n) is 6.44. The predicted molar refractivity (Wildman–Crippen MR) is 213 cm³/mol. The average Bonchev–Trinajstić information content (AvgIpc) is 3.09. The van der Waals surface area contributed by atoms with Gasteiger partial charge in [-0.1, -0.05) is 204 Å². The number of carbonyl (C=O) groups is 1. The maximum Gasteiger partial charge on any atom is 0.222 e. The van der Waals surface area contributed by atoms with E-state index in [0.717, 1.165) is 44.9 Å². The molecule has 0 aromatic rings. The van der Waals surface area contributed by atoms with E-state index >= 15 is 0 Å². The third kappa shape index (κ3) is 36.2. The van der Waals surface area contributed by atoms with Crippen LogP contribution < -0.4 is 5.32 Å². The minimum absolute atomic E-state index is 0.00449. The normalized spacial score (nSPS) is 14.0. The highest BCUT2D eigenvalue weighted by atomic mass is 16.3. The van der Waals surface area contributed by atoms with Crippen LogP contribution in [0, 0.1) is 0 Å². The molecule has 4 N–H and O–H groups in total. The van der Waals surface area contributed by atoms with E-state index in [1.807, 2.05) is 6.08 Å². The van der Waals surface area contributed by atoms with E-state index in [1.165, 1.54) is 141 Å². The van der Waals surface area contributed by atoms with Crippen molar-refractivity contribution >= 4 is 5.91 Å². The van der Waals surface area contributed by atoms with Gasteiger partial charge in [0.25, 0.3) is 0 Å². The van der Waals surface area contributed by atoms with Gasteiger partial charge in [0, 0.05) is 0 Å². The minimum atomic E-state index is -0.955. The van der Waals surface area contributed by atoms with Gasteiger partial charge in [0.15, 0.2) is 0 Å². The third-order valence-electron chi connectivity index (χ3n) is 9.67. The van der Waals surface area contributed by atoms with E-state index in [0.29, 0.717) is 6.42 Å². The number of rotatable bonds is 38. The topological polar surface area (TPSA) is 89.8 Å². The van der Waals surface area contributed by atoms with Gasteiger partial charge in [-0.05, 0) is 38.5 Å². The number of hydrogen-bond donors (Lipinski definition) is 4. The molecule has 5 nitrogen and oxygen atoms in total. The maximum absolute atomic E-state index is 12.4. The first kappa shape index (κ1) is 47.6. The van der Waals surface area contributed by atoms with Crippen molar-refractivity contribution in [2.24, 2.45) is 0 Å². The molecule has 0 aromatic carbocycles. The second kappa shape index (κ2) is 39.4. The van der Waals surface area contributed by atoms with Crippen molar-refractivity contribution < 1.29 is 20.1 Å². The molecule has 0 radical (unpaired) electrons. The Morgan fingerprint density at radius 1 is 0.531 bits per heavy atom. The Balaban J connectivity index is 3.57. The summed E-state index contributed by atoms with van der Waals surface area (Å²) in [6, 6.07) is -0.763. The number of allylic oxidation sites excluding steroid dienone is 5. The van der Waals surface area contributed by atoms with Crippen molar-refractivity contribution in [2.45, 2.75) is 231 Å². The summed E-state index contributed by atoms with van der Waals surface area (Å²) < 4.78 is 0. The maximum atomic E-state index is 12.4. The van der Waals surface area contributed by atoms with Gasteiger partial charge in [-0.15, -0.1) is 0 Å². The summed E-state index contributed by atoms with van der Waals surface area (Å²) in [7, 11) is 0. The molecule has 0 heterocycles. The lowest BCUT2D eigenvalue weighted by Crippen LogP contribution is -2.45. The fraction of sp³-hybridized carbons (Fsp3) is 0.841. The molecule has 1 amide bonds. The van der Waals surface area contributed by atoms with Crippen molar-refractivity contribution in [3.63, 3.8) is 0 Å². The Morgan fingerprint density at radius 3 is 1.29 bits per heavy atom. The van der Waals surface area contributed by atoms with E-state index in [4.69, 9.17) is 0 Å². The second-order valence-electron chi connectivity index (χ2n) is 14.6. The molecule has 49 heavy (non-hydrogen) atoms. The molecular weight excluding hydrogens is 606 g/mol. The van der Waals surface area contributed by atoms with Crippen LogP contribution in [-0.2, 0) is 4.79 Å². The summed E-state index contributed by atoms with van der Waals surface area (Å²) in [5.41, 5.74) is 0. The Kier molecular flexibility index (Phi) is 38.2. The van der Waals surface area contributed by atoms with Crippen LogP contribution in [0.3, 0.4) is 0 Å². The summed E-state index contributed by atoms with van der Waals surface area (Å²) >= 11 is 0. The van der Waals surface area contributed by atoms with Gasteiger partial charge >= 0.3 is 0 Å². The lowest BCUT2D eigenvalue weighted by atomic mass is 10.0. The number of hydrogen-bond acceptors (Lipinski definition) is 4. The molecule has 0 rings (SSSR count). The van der Waals surface area contributed by atoms with Gasteiger partial charge < -0.3 is 20.6 Å². The summed E-state index contributed by atoms with van der Waals surface area (Å²) in [5.74, 6) is -0.330. The molecule has 0 spiro atoms. The second-order valence-corrected chi connectivity index (χ2v) is 14.6. The van der Waals surface area contributed by atoms with Gasteiger partial charge in [-0.3, -0.25) is 4.79 Å². The number of unbranched alkanes of at least 4 members (excludes halogenated alkanes) is 25. The molecule has 0 bridgehead atoms. The van der Waals surface area contributed by atoms with E-state index < -0.39 is 18.2 Å². The fourth-order valence-corrected chi connectivity index (χ4v) is 6.44. The molecule has 5 heteroatoms. The molecule has 288 valence electrons. The van der Waals surface area contributed by atoms with Crippen molar-refractivity contribution in [2.75, 3.05) is 6.61 Å². The Labute approximate surface area is 304 Å². The number of carbonyl (C=O) groups excluding carboxylic acids is 1. The number of amides is 1. The van der Waals surface area contributed by atoms with Crippen LogP contribution in [0.15, 0.2) is 36.5 Å². The van der Waals surface area contributed by atoms with E-state index in [1.54, 1.807) is 6.08 Å². The van der Waals surface area contributed by atoms with Crippen molar-refractivity contribution in [3.05, 3.63) is 36.5 Å². The van der Waals surface area contributed by atoms with Crippen LogP contribution in [-0.4, -0.2) is 46.1 Å². The average molecular weight is 690 g/mol. The van der Waals surface area contributed by atoms with E-state index in [2.05, 4.69) is 43.5 Å². The molecule has 3 atom stereocenters. The number of aliphatic hydroxyl groups is 3. The molecule has 0 saturated heterocycles. The summed E-state index contributed by atoms with van der Waals surface area (Å²) in [4.78, 5) is 12.4. The summed E-state index contributed by atoms with van der Waals surface area (Å²) in [6.07, 6.45) is 48.8. The van der Waals surface area contributed by atoms with Crippen LogP contribution in [0.25, 0.3) is 0 Å². The van der Waals surface area contributed by atoms with Gasteiger partial charge in [0.1, 0.15) is 0 Å². The highest BCUT2D eigenvalue weighted by Gasteiger charge is 2.20. The molecule has 3 unspecified atom stereocenters. The highest BCUT2D eigenvalue weighted by Crippen LogP contribution is 2.16. The van der Waals surface area contributed by atoms with E-state index in [9.17, 15) is 20.1 Å². The van der Waals surface area contributed by atoms with Gasteiger partial charge in [0.2, 0.25) is 5.91 Å². The zero-order valence-electron chi connectivity index (χ0n) is 32.6. The number of nitrogens with one attached hydrogen (secondary N) is 1. The Morgan fingerprint density at radius 2 is 0.898 bits per heavy atom. The Bertz CT molecular complexity index is 764. The Hall–Kier alpha value is -1.43. The van der Waals surface area contributed by atoms with Crippen LogP contribution >= 0.6 is 0 Å². The van der Waals surface area contributed by atoms with Gasteiger partial charge in [-0.2, -0.15) is 0 Å². The summed E-state index contributed by atoms with van der Waals surface area (Å²) in [6.45, 7) is 4.07. The van der Waals surface area contributed by atoms with E-state index in [-0.39, 0.29) is 18.9 Å². The molecule has 0 aliphatic carbocycles. The standard InChI is InChI=1S/C44H83NO4/c1-3-5-7-9-11-13-15-16-17-18-19-20-21-22-23-24-25-26-27-28-29-31-33-35-37-41(47)39-44(49)45-42(40-46)43(48)38-36-34-32-30-14-12-10-8-6-4-2/h6,8,14,30,36,38,41-43,46-48H,3-5,7,9-13,15-29,31-35,37,39-40H2,1-2H3,(H,45,49)/b8-6+,30-14+,38-36+.